The normalized spacial score (nSPS) is 11.2. The molecule has 0 spiro atoms. The molecule has 0 aliphatic rings. The van der Waals surface area contributed by atoms with Gasteiger partial charge in [0.2, 0.25) is 5.91 Å². The lowest BCUT2D eigenvalue weighted by Crippen LogP contribution is -2.17. The molecule has 1 amide bonds. The Balaban J connectivity index is 1.98. The van der Waals surface area contributed by atoms with E-state index in [9.17, 15) is 22.0 Å². The highest BCUT2D eigenvalue weighted by molar-refractivity contribution is 7.91. The SMILES string of the molecule is O=C(CCS(=O)(=O)c1ccccc1)Nc1cc(F)cc(F)c1. The van der Waals surface area contributed by atoms with Gasteiger partial charge in [-0.1, -0.05) is 18.2 Å². The average molecular weight is 325 g/mol. The van der Waals surface area contributed by atoms with Crippen LogP contribution in [0.3, 0.4) is 0 Å². The van der Waals surface area contributed by atoms with Gasteiger partial charge in [0, 0.05) is 18.2 Å². The zero-order valence-electron chi connectivity index (χ0n) is 11.4. The van der Waals surface area contributed by atoms with Gasteiger partial charge in [0.1, 0.15) is 11.6 Å². The summed E-state index contributed by atoms with van der Waals surface area (Å²) < 4.78 is 50.0. The van der Waals surface area contributed by atoms with E-state index in [2.05, 4.69) is 5.32 Å². The molecule has 4 nitrogen and oxygen atoms in total. The maximum Gasteiger partial charge on any atom is 0.225 e. The van der Waals surface area contributed by atoms with Gasteiger partial charge in [-0.25, -0.2) is 17.2 Å². The average Bonchev–Trinajstić information content (AvgIpc) is 2.45. The first-order chi connectivity index (χ1) is 10.4. The van der Waals surface area contributed by atoms with E-state index >= 15 is 0 Å². The third-order valence-electron chi connectivity index (χ3n) is 2.85. The summed E-state index contributed by atoms with van der Waals surface area (Å²) in [5, 5.41) is 2.26. The van der Waals surface area contributed by atoms with Crippen LogP contribution >= 0.6 is 0 Å². The highest BCUT2D eigenvalue weighted by atomic mass is 32.2. The van der Waals surface area contributed by atoms with Gasteiger partial charge in [0.25, 0.3) is 0 Å². The zero-order chi connectivity index (χ0) is 16.2. The molecule has 0 aromatic heterocycles. The molecular formula is C15H13F2NO3S. The van der Waals surface area contributed by atoms with Crippen LogP contribution < -0.4 is 5.32 Å². The largest absolute Gasteiger partial charge is 0.326 e. The minimum atomic E-state index is -3.57. The van der Waals surface area contributed by atoms with Crippen LogP contribution in [0.5, 0.6) is 0 Å². The second-order valence-corrected chi connectivity index (χ2v) is 6.70. The summed E-state index contributed by atoms with van der Waals surface area (Å²) >= 11 is 0. The van der Waals surface area contributed by atoms with Crippen LogP contribution in [0.15, 0.2) is 53.4 Å². The van der Waals surface area contributed by atoms with Crippen LogP contribution in [0, 0.1) is 11.6 Å². The maximum atomic E-state index is 13.0. The molecule has 0 atom stereocenters. The molecule has 116 valence electrons. The second-order valence-electron chi connectivity index (χ2n) is 4.59. The summed E-state index contributed by atoms with van der Waals surface area (Å²) in [6, 6.07) is 10.3. The standard InChI is InChI=1S/C15H13F2NO3S/c16-11-8-12(17)10-13(9-11)18-15(19)6-7-22(20,21)14-4-2-1-3-5-14/h1-5,8-10H,6-7H2,(H,18,19). The van der Waals surface area contributed by atoms with E-state index in [1.807, 2.05) is 0 Å². The summed E-state index contributed by atoms with van der Waals surface area (Å²) in [5.74, 6) is -2.68. The van der Waals surface area contributed by atoms with Crippen molar-refractivity contribution in [3.8, 4) is 0 Å². The lowest BCUT2D eigenvalue weighted by atomic mass is 10.3. The van der Waals surface area contributed by atoms with E-state index < -0.39 is 27.4 Å². The number of benzene rings is 2. The summed E-state index contributed by atoms with van der Waals surface area (Å²) in [7, 11) is -3.57. The molecular weight excluding hydrogens is 312 g/mol. The quantitative estimate of drug-likeness (QED) is 0.919. The Bertz CT molecular complexity index is 756. The Morgan fingerprint density at radius 3 is 2.18 bits per heavy atom. The van der Waals surface area contributed by atoms with E-state index in [0.29, 0.717) is 6.07 Å². The fourth-order valence-electron chi connectivity index (χ4n) is 1.82. The zero-order valence-corrected chi connectivity index (χ0v) is 12.2. The van der Waals surface area contributed by atoms with Crippen LogP contribution in [0.25, 0.3) is 0 Å². The third kappa shape index (κ3) is 4.36. The van der Waals surface area contributed by atoms with Crippen molar-refractivity contribution in [1.82, 2.24) is 0 Å². The van der Waals surface area contributed by atoms with Crippen LogP contribution in [0.1, 0.15) is 6.42 Å². The van der Waals surface area contributed by atoms with Gasteiger partial charge < -0.3 is 5.32 Å². The predicted molar refractivity (Wildman–Crippen MR) is 78.1 cm³/mol. The van der Waals surface area contributed by atoms with Gasteiger partial charge in [0.05, 0.1) is 10.6 Å². The van der Waals surface area contributed by atoms with Crippen LogP contribution in [0.2, 0.25) is 0 Å². The molecule has 0 aliphatic heterocycles. The molecule has 1 N–H and O–H groups in total. The van der Waals surface area contributed by atoms with Crippen molar-refractivity contribution in [2.75, 3.05) is 11.1 Å². The topological polar surface area (TPSA) is 63.2 Å². The maximum absolute atomic E-state index is 13.0. The molecule has 0 fully saturated rings. The van der Waals surface area contributed by atoms with E-state index in [0.717, 1.165) is 12.1 Å². The molecule has 0 saturated heterocycles. The van der Waals surface area contributed by atoms with E-state index in [1.54, 1.807) is 18.2 Å². The first kappa shape index (κ1) is 16.1. The van der Waals surface area contributed by atoms with Crippen molar-refractivity contribution in [3.63, 3.8) is 0 Å². The third-order valence-corrected chi connectivity index (χ3v) is 4.58. The van der Waals surface area contributed by atoms with Gasteiger partial charge in [0.15, 0.2) is 9.84 Å². The molecule has 0 bridgehead atoms. The number of anilines is 1. The minimum absolute atomic E-state index is 0.0559. The molecule has 0 aliphatic carbocycles. The summed E-state index contributed by atoms with van der Waals surface area (Å²) in [6.45, 7) is 0. The summed E-state index contributed by atoms with van der Waals surface area (Å²) in [6.07, 6.45) is -0.310. The Kier molecular flexibility index (Phi) is 4.87. The number of halogens is 2. The monoisotopic (exact) mass is 325 g/mol. The van der Waals surface area contributed by atoms with Crippen molar-refractivity contribution < 1.29 is 22.0 Å². The fourth-order valence-corrected chi connectivity index (χ4v) is 3.08. The smallest absolute Gasteiger partial charge is 0.225 e. The Hall–Kier alpha value is -2.28. The number of hydrogen-bond acceptors (Lipinski definition) is 3. The molecule has 0 saturated carbocycles. The number of sulfone groups is 1. The lowest BCUT2D eigenvalue weighted by Gasteiger charge is -2.07. The van der Waals surface area contributed by atoms with E-state index in [-0.39, 0.29) is 22.8 Å². The first-order valence-electron chi connectivity index (χ1n) is 6.40. The minimum Gasteiger partial charge on any atom is -0.326 e. The van der Waals surface area contributed by atoms with Crippen LogP contribution in [-0.2, 0) is 14.6 Å². The number of hydrogen-bond donors (Lipinski definition) is 1. The van der Waals surface area contributed by atoms with Crippen molar-refractivity contribution in [1.29, 1.82) is 0 Å². The van der Waals surface area contributed by atoms with E-state index in [1.165, 1.54) is 12.1 Å². The van der Waals surface area contributed by atoms with Crippen molar-refractivity contribution in [3.05, 3.63) is 60.2 Å². The van der Waals surface area contributed by atoms with Gasteiger partial charge >= 0.3 is 0 Å². The molecule has 22 heavy (non-hydrogen) atoms. The van der Waals surface area contributed by atoms with Gasteiger partial charge in [-0.15, -0.1) is 0 Å². The molecule has 2 rings (SSSR count). The fraction of sp³-hybridized carbons (Fsp3) is 0.133. The number of carbonyl (C=O) groups excluding carboxylic acids is 1. The molecule has 0 heterocycles. The summed E-state index contributed by atoms with van der Waals surface area (Å²) in [5.41, 5.74) is -0.0559. The molecule has 7 heteroatoms. The van der Waals surface area contributed by atoms with Crippen molar-refractivity contribution >= 4 is 21.4 Å². The van der Waals surface area contributed by atoms with Crippen LogP contribution in [0.4, 0.5) is 14.5 Å². The second kappa shape index (κ2) is 6.65. The Morgan fingerprint density at radius 2 is 1.59 bits per heavy atom. The highest BCUT2D eigenvalue weighted by Crippen LogP contribution is 2.14. The predicted octanol–water partition coefficient (Wildman–Crippen LogP) is 2.77. The van der Waals surface area contributed by atoms with Gasteiger partial charge in [-0.3, -0.25) is 4.79 Å². The van der Waals surface area contributed by atoms with E-state index in [4.69, 9.17) is 0 Å². The Labute approximate surface area is 126 Å². The molecule has 2 aromatic carbocycles. The van der Waals surface area contributed by atoms with Crippen molar-refractivity contribution in [2.45, 2.75) is 11.3 Å². The van der Waals surface area contributed by atoms with Crippen molar-refractivity contribution in [2.24, 2.45) is 0 Å². The number of amides is 1. The Morgan fingerprint density at radius 1 is 1.00 bits per heavy atom. The number of rotatable bonds is 5. The lowest BCUT2D eigenvalue weighted by molar-refractivity contribution is -0.115. The van der Waals surface area contributed by atoms with Gasteiger partial charge in [-0.05, 0) is 24.3 Å². The van der Waals surface area contributed by atoms with Gasteiger partial charge in [-0.2, -0.15) is 0 Å². The molecule has 0 unspecified atom stereocenters. The molecule has 2 aromatic rings. The van der Waals surface area contributed by atoms with Crippen LogP contribution in [-0.4, -0.2) is 20.1 Å². The number of nitrogens with one attached hydrogen (secondary N) is 1. The summed E-state index contributed by atoms with van der Waals surface area (Å²) in [4.78, 5) is 11.8. The first-order valence-corrected chi connectivity index (χ1v) is 8.06. The molecule has 0 radical (unpaired) electrons. The highest BCUT2D eigenvalue weighted by Gasteiger charge is 2.16. The number of carbonyl (C=O) groups is 1.